The minimum absolute atomic E-state index is 0.226. The summed E-state index contributed by atoms with van der Waals surface area (Å²) in [5, 5.41) is 3.70. The zero-order valence-electron chi connectivity index (χ0n) is 13.9. The number of hydrogen-bond donors (Lipinski definition) is 1. The van der Waals surface area contributed by atoms with Gasteiger partial charge in [-0.15, -0.1) is 0 Å². The van der Waals surface area contributed by atoms with Crippen LogP contribution in [0.4, 0.5) is 0 Å². The summed E-state index contributed by atoms with van der Waals surface area (Å²) in [6, 6.07) is 8.37. The summed E-state index contributed by atoms with van der Waals surface area (Å²) in [5.41, 5.74) is 1.17. The third kappa shape index (κ3) is 3.74. The van der Waals surface area contributed by atoms with Crippen LogP contribution >= 0.6 is 0 Å². The van der Waals surface area contributed by atoms with E-state index in [9.17, 15) is 0 Å². The largest absolute Gasteiger partial charge is 0.496 e. The van der Waals surface area contributed by atoms with Crippen molar-refractivity contribution in [3.63, 3.8) is 0 Å². The van der Waals surface area contributed by atoms with Crippen molar-refractivity contribution in [2.45, 2.75) is 25.4 Å². The molecule has 1 aromatic heterocycles. The molecule has 23 heavy (non-hydrogen) atoms. The number of aryl methyl sites for hydroxylation is 1. The maximum atomic E-state index is 5.52. The molecule has 0 saturated carbocycles. The smallest absolute Gasteiger partial charge is 0.125 e. The van der Waals surface area contributed by atoms with Crippen molar-refractivity contribution in [2.24, 2.45) is 13.0 Å². The van der Waals surface area contributed by atoms with Crippen molar-refractivity contribution in [1.82, 2.24) is 14.9 Å². The molecule has 5 heteroatoms. The first-order valence-corrected chi connectivity index (χ1v) is 8.20. The summed E-state index contributed by atoms with van der Waals surface area (Å²) in [6.07, 6.45) is 6.01. The Kier molecular flexibility index (Phi) is 5.31. The van der Waals surface area contributed by atoms with Crippen LogP contribution in [0.2, 0.25) is 0 Å². The van der Waals surface area contributed by atoms with Crippen molar-refractivity contribution >= 4 is 0 Å². The first-order chi connectivity index (χ1) is 11.3. The van der Waals surface area contributed by atoms with E-state index in [1.807, 2.05) is 30.6 Å². The van der Waals surface area contributed by atoms with Gasteiger partial charge in [-0.25, -0.2) is 4.98 Å². The van der Waals surface area contributed by atoms with Gasteiger partial charge in [0.25, 0.3) is 0 Å². The molecule has 1 aliphatic heterocycles. The number of para-hydroxylation sites is 1. The molecular formula is C18H25N3O2. The Labute approximate surface area is 137 Å². The van der Waals surface area contributed by atoms with E-state index in [4.69, 9.17) is 9.47 Å². The highest BCUT2D eigenvalue weighted by atomic mass is 16.5. The van der Waals surface area contributed by atoms with E-state index in [-0.39, 0.29) is 6.04 Å². The normalized spacial score (nSPS) is 17.1. The van der Waals surface area contributed by atoms with Gasteiger partial charge in [-0.3, -0.25) is 0 Å². The van der Waals surface area contributed by atoms with Crippen molar-refractivity contribution < 1.29 is 9.47 Å². The monoisotopic (exact) mass is 315 g/mol. The molecule has 124 valence electrons. The molecule has 5 nitrogen and oxygen atoms in total. The van der Waals surface area contributed by atoms with E-state index in [0.717, 1.165) is 44.2 Å². The fraction of sp³-hybridized carbons (Fsp3) is 0.500. The van der Waals surface area contributed by atoms with Gasteiger partial charge in [0, 0.05) is 44.8 Å². The summed E-state index contributed by atoms with van der Waals surface area (Å²) in [6.45, 7) is 2.43. The van der Waals surface area contributed by atoms with Gasteiger partial charge < -0.3 is 19.4 Å². The van der Waals surface area contributed by atoms with Crippen molar-refractivity contribution in [1.29, 1.82) is 0 Å². The van der Waals surface area contributed by atoms with E-state index in [0.29, 0.717) is 5.92 Å². The molecule has 1 N–H and O–H groups in total. The van der Waals surface area contributed by atoms with Crippen LogP contribution in [0.1, 0.15) is 30.3 Å². The Morgan fingerprint density at radius 1 is 1.35 bits per heavy atom. The number of benzene rings is 1. The number of nitrogens with one attached hydrogen (secondary N) is 1. The molecule has 0 amide bonds. The lowest BCUT2D eigenvalue weighted by molar-refractivity contribution is 0.0518. The third-order valence-corrected chi connectivity index (χ3v) is 4.58. The Bertz CT molecular complexity index is 620. The highest BCUT2D eigenvalue weighted by Crippen LogP contribution is 2.30. The molecule has 1 atom stereocenters. The molecule has 0 spiro atoms. The molecule has 0 aliphatic carbocycles. The predicted octanol–water partition coefficient (Wildman–Crippen LogP) is 2.69. The summed E-state index contributed by atoms with van der Waals surface area (Å²) in [5.74, 6) is 2.55. The van der Waals surface area contributed by atoms with Crippen LogP contribution < -0.4 is 10.1 Å². The molecule has 1 aromatic carbocycles. The number of hydrogen-bond acceptors (Lipinski definition) is 4. The highest BCUT2D eigenvalue weighted by Gasteiger charge is 2.28. The Hall–Kier alpha value is -1.85. The molecule has 0 bridgehead atoms. The van der Waals surface area contributed by atoms with Gasteiger partial charge in [-0.2, -0.15) is 0 Å². The van der Waals surface area contributed by atoms with Crippen molar-refractivity contribution in [2.75, 3.05) is 20.3 Å². The van der Waals surface area contributed by atoms with Crippen LogP contribution in [0.5, 0.6) is 5.75 Å². The Morgan fingerprint density at radius 2 is 2.13 bits per heavy atom. The predicted molar refractivity (Wildman–Crippen MR) is 89.3 cm³/mol. The molecule has 1 aliphatic rings. The SMILES string of the molecule is COc1ccccc1CN[C@H](c1nccn1C)C1CCOCC1. The van der Waals surface area contributed by atoms with Gasteiger partial charge in [0.1, 0.15) is 11.6 Å². The maximum Gasteiger partial charge on any atom is 0.125 e. The van der Waals surface area contributed by atoms with Crippen molar-refractivity contribution in [3.05, 3.63) is 48.0 Å². The number of methoxy groups -OCH3 is 1. The zero-order chi connectivity index (χ0) is 16.1. The van der Waals surface area contributed by atoms with Gasteiger partial charge >= 0.3 is 0 Å². The zero-order valence-corrected chi connectivity index (χ0v) is 13.9. The lowest BCUT2D eigenvalue weighted by atomic mass is 9.91. The number of aromatic nitrogens is 2. The molecular weight excluding hydrogens is 290 g/mol. The molecule has 0 unspecified atom stereocenters. The topological polar surface area (TPSA) is 48.3 Å². The van der Waals surface area contributed by atoms with E-state index in [1.54, 1.807) is 7.11 Å². The lowest BCUT2D eigenvalue weighted by Gasteiger charge is -2.31. The standard InChI is InChI=1S/C18H25N3O2/c1-21-10-9-19-18(21)17(14-7-11-23-12-8-14)20-13-15-5-3-4-6-16(15)22-2/h3-6,9-10,14,17,20H,7-8,11-13H2,1-2H3/t17-/m0/s1. The average molecular weight is 315 g/mol. The van der Waals surface area contributed by atoms with E-state index >= 15 is 0 Å². The van der Waals surface area contributed by atoms with Crippen LogP contribution in [0.15, 0.2) is 36.7 Å². The second-order valence-electron chi connectivity index (χ2n) is 6.02. The second kappa shape index (κ2) is 7.62. The Morgan fingerprint density at radius 3 is 2.83 bits per heavy atom. The van der Waals surface area contributed by atoms with Gasteiger partial charge in [-0.1, -0.05) is 18.2 Å². The van der Waals surface area contributed by atoms with Crippen LogP contribution in [-0.2, 0) is 18.3 Å². The van der Waals surface area contributed by atoms with Crippen LogP contribution in [0, 0.1) is 5.92 Å². The maximum absolute atomic E-state index is 5.52. The minimum atomic E-state index is 0.226. The molecule has 2 heterocycles. The number of nitrogens with zero attached hydrogens (tertiary/aromatic N) is 2. The fourth-order valence-electron chi connectivity index (χ4n) is 3.26. The van der Waals surface area contributed by atoms with Gasteiger partial charge in [-0.05, 0) is 24.8 Å². The average Bonchev–Trinajstić information content (AvgIpc) is 3.02. The van der Waals surface area contributed by atoms with Crippen LogP contribution in [-0.4, -0.2) is 29.9 Å². The molecule has 3 rings (SSSR count). The first kappa shape index (κ1) is 16.0. The van der Waals surface area contributed by atoms with Gasteiger partial charge in [0.2, 0.25) is 0 Å². The lowest BCUT2D eigenvalue weighted by Crippen LogP contribution is -2.33. The number of imidazole rings is 1. The first-order valence-electron chi connectivity index (χ1n) is 8.20. The minimum Gasteiger partial charge on any atom is -0.496 e. The van der Waals surface area contributed by atoms with E-state index in [2.05, 4.69) is 28.0 Å². The van der Waals surface area contributed by atoms with Crippen molar-refractivity contribution in [3.8, 4) is 5.75 Å². The number of ether oxygens (including phenoxy) is 2. The molecule has 0 radical (unpaired) electrons. The fourth-order valence-corrected chi connectivity index (χ4v) is 3.26. The Balaban J connectivity index is 1.77. The highest BCUT2D eigenvalue weighted by molar-refractivity contribution is 5.33. The quantitative estimate of drug-likeness (QED) is 0.890. The summed E-state index contributed by atoms with van der Waals surface area (Å²) in [4.78, 5) is 4.57. The summed E-state index contributed by atoms with van der Waals surface area (Å²) < 4.78 is 13.1. The van der Waals surface area contributed by atoms with Gasteiger partial charge in [0.15, 0.2) is 0 Å². The van der Waals surface area contributed by atoms with E-state index < -0.39 is 0 Å². The second-order valence-corrected chi connectivity index (χ2v) is 6.02. The number of rotatable bonds is 6. The third-order valence-electron chi connectivity index (χ3n) is 4.58. The molecule has 2 aromatic rings. The van der Waals surface area contributed by atoms with Gasteiger partial charge in [0.05, 0.1) is 13.2 Å². The summed E-state index contributed by atoms with van der Waals surface area (Å²) in [7, 11) is 3.77. The summed E-state index contributed by atoms with van der Waals surface area (Å²) >= 11 is 0. The van der Waals surface area contributed by atoms with Crippen LogP contribution in [0.25, 0.3) is 0 Å². The molecule has 1 fully saturated rings. The van der Waals surface area contributed by atoms with Crippen LogP contribution in [0.3, 0.4) is 0 Å². The molecule has 1 saturated heterocycles. The van der Waals surface area contributed by atoms with E-state index in [1.165, 1.54) is 5.56 Å².